The molecular weight excluding hydrogens is 600 g/mol. The molecule has 1 heterocycles. The molecule has 0 atom stereocenters. The molecule has 252 valence electrons. The first kappa shape index (κ1) is 34.7. The van der Waals surface area contributed by atoms with Crippen LogP contribution in [0.15, 0.2) is 97.6 Å². The summed E-state index contributed by atoms with van der Waals surface area (Å²) in [5.41, 5.74) is 6.21. The van der Waals surface area contributed by atoms with Gasteiger partial charge in [-0.05, 0) is 67.2 Å². The maximum Gasteiger partial charge on any atom is 0.257 e. The maximum absolute atomic E-state index is 14.4. The Morgan fingerprint density at radius 2 is 1.44 bits per heavy atom. The molecular formula is C41H48N2O5. The molecule has 1 saturated heterocycles. The van der Waals surface area contributed by atoms with E-state index in [2.05, 4.69) is 24.5 Å². The standard InChI is InChI=1S/C41H48N2O5/c1-5-43(28-35-18-12-19-38(32(35)4)46-23-13-20-42-21-24-45-25-22-42)41(44)37-26-36(31(2)3)39(47-29-33-14-8-6-9-15-33)27-40(37)48-30-34-16-10-7-11-17-34/h6-12,14-19,26-27H,2,5,13,20-25,28-30H2,1,3-4H3. The maximum atomic E-state index is 14.4. The van der Waals surface area contributed by atoms with E-state index in [-0.39, 0.29) is 5.91 Å². The Hall–Kier alpha value is -4.59. The van der Waals surface area contributed by atoms with Crippen LogP contribution in [0.4, 0.5) is 0 Å². The van der Waals surface area contributed by atoms with Crippen LogP contribution >= 0.6 is 0 Å². The van der Waals surface area contributed by atoms with E-state index >= 15 is 0 Å². The first-order valence-electron chi connectivity index (χ1n) is 16.9. The van der Waals surface area contributed by atoms with Crippen LogP contribution in [-0.4, -0.2) is 61.7 Å². The monoisotopic (exact) mass is 648 g/mol. The second-order valence-corrected chi connectivity index (χ2v) is 12.2. The number of carbonyl (C=O) groups excluding carboxylic acids is 1. The number of benzene rings is 4. The molecule has 0 saturated carbocycles. The van der Waals surface area contributed by atoms with Crippen LogP contribution < -0.4 is 14.2 Å². The van der Waals surface area contributed by atoms with Gasteiger partial charge in [0.25, 0.3) is 5.91 Å². The molecule has 1 aliphatic heterocycles. The second-order valence-electron chi connectivity index (χ2n) is 12.2. The van der Waals surface area contributed by atoms with Gasteiger partial charge in [0.1, 0.15) is 30.5 Å². The molecule has 0 radical (unpaired) electrons. The molecule has 1 fully saturated rings. The Morgan fingerprint density at radius 1 is 0.812 bits per heavy atom. The summed E-state index contributed by atoms with van der Waals surface area (Å²) in [7, 11) is 0. The van der Waals surface area contributed by atoms with Crippen molar-refractivity contribution in [3.63, 3.8) is 0 Å². The van der Waals surface area contributed by atoms with Gasteiger partial charge in [0.2, 0.25) is 0 Å². The molecule has 0 N–H and O–H groups in total. The third-order valence-corrected chi connectivity index (χ3v) is 8.65. The number of ether oxygens (including phenoxy) is 4. The van der Waals surface area contributed by atoms with E-state index in [4.69, 9.17) is 18.9 Å². The van der Waals surface area contributed by atoms with Gasteiger partial charge in [-0.3, -0.25) is 9.69 Å². The number of allylic oxidation sites excluding steroid dienone is 1. The summed E-state index contributed by atoms with van der Waals surface area (Å²) < 4.78 is 24.4. The van der Waals surface area contributed by atoms with Crippen molar-refractivity contribution in [1.29, 1.82) is 0 Å². The molecule has 0 bridgehead atoms. The van der Waals surface area contributed by atoms with E-state index in [0.29, 0.717) is 50.0 Å². The highest BCUT2D eigenvalue weighted by molar-refractivity contribution is 5.98. The van der Waals surface area contributed by atoms with Gasteiger partial charge >= 0.3 is 0 Å². The van der Waals surface area contributed by atoms with Crippen LogP contribution in [0.3, 0.4) is 0 Å². The number of amides is 1. The number of carbonyl (C=O) groups is 1. The highest BCUT2D eigenvalue weighted by Gasteiger charge is 2.24. The van der Waals surface area contributed by atoms with E-state index in [9.17, 15) is 4.79 Å². The molecule has 7 heteroatoms. The Morgan fingerprint density at radius 3 is 2.04 bits per heavy atom. The Balaban J connectivity index is 1.35. The lowest BCUT2D eigenvalue weighted by atomic mass is 10.0. The van der Waals surface area contributed by atoms with Crippen LogP contribution in [0.1, 0.15) is 58.4 Å². The quantitative estimate of drug-likeness (QED) is 0.115. The molecule has 0 spiro atoms. The fourth-order valence-electron chi connectivity index (χ4n) is 5.76. The first-order chi connectivity index (χ1) is 23.4. The van der Waals surface area contributed by atoms with Crippen LogP contribution in [0.2, 0.25) is 0 Å². The first-order valence-corrected chi connectivity index (χ1v) is 16.9. The number of nitrogens with zero attached hydrogens (tertiary/aromatic N) is 2. The fourth-order valence-corrected chi connectivity index (χ4v) is 5.76. The molecule has 5 rings (SSSR count). The minimum atomic E-state index is -0.117. The minimum Gasteiger partial charge on any atom is -0.493 e. The topological polar surface area (TPSA) is 60.5 Å². The lowest BCUT2D eigenvalue weighted by Gasteiger charge is -2.26. The van der Waals surface area contributed by atoms with E-state index < -0.39 is 0 Å². The highest BCUT2D eigenvalue weighted by Crippen LogP contribution is 2.35. The van der Waals surface area contributed by atoms with E-state index in [0.717, 1.165) is 78.4 Å². The Bertz CT molecular complexity index is 1630. The predicted molar refractivity (Wildman–Crippen MR) is 192 cm³/mol. The molecule has 0 aliphatic carbocycles. The molecule has 4 aromatic carbocycles. The van der Waals surface area contributed by atoms with Crippen LogP contribution in [0.25, 0.3) is 5.57 Å². The van der Waals surface area contributed by atoms with Gasteiger partial charge in [-0.1, -0.05) is 79.4 Å². The number of rotatable bonds is 16. The summed E-state index contributed by atoms with van der Waals surface area (Å²) in [5.74, 6) is 1.84. The molecule has 1 aliphatic rings. The average molecular weight is 649 g/mol. The third kappa shape index (κ3) is 9.49. The summed E-state index contributed by atoms with van der Waals surface area (Å²) in [6, 6.07) is 29.8. The zero-order valence-electron chi connectivity index (χ0n) is 28.6. The van der Waals surface area contributed by atoms with Crippen LogP contribution in [0, 0.1) is 6.92 Å². The lowest BCUT2D eigenvalue weighted by molar-refractivity contribution is 0.0358. The van der Waals surface area contributed by atoms with Crippen LogP contribution in [0.5, 0.6) is 17.2 Å². The van der Waals surface area contributed by atoms with Crippen molar-refractivity contribution in [3.05, 3.63) is 131 Å². The average Bonchev–Trinajstić information content (AvgIpc) is 3.12. The van der Waals surface area contributed by atoms with Gasteiger partial charge in [0, 0.05) is 44.4 Å². The van der Waals surface area contributed by atoms with Crippen molar-refractivity contribution in [2.24, 2.45) is 0 Å². The van der Waals surface area contributed by atoms with E-state index in [1.807, 2.05) is 104 Å². The molecule has 1 amide bonds. The Labute approximate surface area is 285 Å². The zero-order valence-corrected chi connectivity index (χ0v) is 28.6. The van der Waals surface area contributed by atoms with Crippen LogP contribution in [-0.2, 0) is 24.5 Å². The summed E-state index contributed by atoms with van der Waals surface area (Å²) in [5, 5.41) is 0. The summed E-state index contributed by atoms with van der Waals surface area (Å²) in [4.78, 5) is 18.6. The summed E-state index contributed by atoms with van der Waals surface area (Å²) >= 11 is 0. The lowest BCUT2D eigenvalue weighted by Crippen LogP contribution is -2.37. The normalized spacial score (nSPS) is 13.1. The van der Waals surface area contributed by atoms with Gasteiger partial charge < -0.3 is 23.8 Å². The molecule has 7 nitrogen and oxygen atoms in total. The fraction of sp³-hybridized carbons (Fsp3) is 0.341. The number of hydrogen-bond donors (Lipinski definition) is 0. The summed E-state index contributed by atoms with van der Waals surface area (Å²) in [6.07, 6.45) is 0.950. The second kappa shape index (κ2) is 17.5. The smallest absolute Gasteiger partial charge is 0.257 e. The molecule has 0 unspecified atom stereocenters. The molecule has 0 aromatic heterocycles. The third-order valence-electron chi connectivity index (χ3n) is 8.65. The number of morpholine rings is 1. The minimum absolute atomic E-state index is 0.117. The van der Waals surface area contributed by atoms with E-state index in [1.165, 1.54) is 0 Å². The van der Waals surface area contributed by atoms with E-state index in [1.54, 1.807) is 0 Å². The Kier molecular flexibility index (Phi) is 12.7. The van der Waals surface area contributed by atoms with Gasteiger partial charge in [-0.25, -0.2) is 0 Å². The van der Waals surface area contributed by atoms with Gasteiger partial charge in [-0.15, -0.1) is 0 Å². The van der Waals surface area contributed by atoms with Crippen molar-refractivity contribution in [2.75, 3.05) is 46.0 Å². The van der Waals surface area contributed by atoms with Gasteiger partial charge in [0.15, 0.2) is 0 Å². The SMILES string of the molecule is C=C(C)c1cc(C(=O)N(CC)Cc2cccc(OCCCN3CCOCC3)c2C)c(OCc2ccccc2)cc1OCc1ccccc1. The molecule has 4 aromatic rings. The van der Waals surface area contributed by atoms with Gasteiger partial charge in [0.05, 0.1) is 25.4 Å². The largest absolute Gasteiger partial charge is 0.493 e. The predicted octanol–water partition coefficient (Wildman–Crippen LogP) is 7.95. The van der Waals surface area contributed by atoms with Gasteiger partial charge in [-0.2, -0.15) is 0 Å². The molecule has 48 heavy (non-hydrogen) atoms. The van der Waals surface area contributed by atoms with Crippen molar-refractivity contribution >= 4 is 11.5 Å². The zero-order chi connectivity index (χ0) is 33.7. The van der Waals surface area contributed by atoms with Crippen molar-refractivity contribution in [2.45, 2.75) is 47.0 Å². The van der Waals surface area contributed by atoms with Crippen molar-refractivity contribution < 1.29 is 23.7 Å². The van der Waals surface area contributed by atoms with Crippen molar-refractivity contribution in [3.8, 4) is 17.2 Å². The van der Waals surface area contributed by atoms with Crippen molar-refractivity contribution in [1.82, 2.24) is 9.80 Å². The highest BCUT2D eigenvalue weighted by atomic mass is 16.5. The summed E-state index contributed by atoms with van der Waals surface area (Å²) in [6.45, 7) is 17.1. The number of hydrogen-bond acceptors (Lipinski definition) is 6.